The fourth-order valence-corrected chi connectivity index (χ4v) is 3.62. The Bertz CT molecular complexity index is 1500. The van der Waals surface area contributed by atoms with Gasteiger partial charge in [-0.2, -0.15) is 18.3 Å². The lowest BCUT2D eigenvalue weighted by atomic mass is 10.1. The van der Waals surface area contributed by atoms with Crippen LogP contribution in [-0.2, 0) is 19.1 Å². The van der Waals surface area contributed by atoms with E-state index in [1.807, 2.05) is 6.07 Å². The Labute approximate surface area is 213 Å². The smallest absolute Gasteiger partial charge is 0.397 e. The van der Waals surface area contributed by atoms with E-state index < -0.39 is 35.5 Å². The minimum Gasteiger partial charge on any atom is -0.397 e. The third-order valence-corrected chi connectivity index (χ3v) is 5.57. The van der Waals surface area contributed by atoms with Gasteiger partial charge in [0.1, 0.15) is 11.4 Å². The second-order valence-electron chi connectivity index (χ2n) is 8.32. The summed E-state index contributed by atoms with van der Waals surface area (Å²) < 4.78 is 64.5. The Hall–Kier alpha value is -4.16. The molecule has 202 valence electrons. The number of fused-ring (bicyclic) bond motifs is 1. The number of benzene rings is 1. The molecule has 0 amide bonds. The molecule has 0 fully saturated rings. The van der Waals surface area contributed by atoms with Gasteiger partial charge < -0.3 is 10.3 Å². The molecule has 0 aliphatic rings. The number of nitrogen functional groups attached to an aromatic ring is 1. The fraction of sp³-hybridized carbons (Fsp3) is 0.320. The van der Waals surface area contributed by atoms with Crippen LogP contribution in [0.1, 0.15) is 37.3 Å². The summed E-state index contributed by atoms with van der Waals surface area (Å²) in [5, 5.41) is 5.73. The first-order valence-corrected chi connectivity index (χ1v) is 11.7. The number of nitrogens with zero attached hydrogens (tertiary/aromatic N) is 4. The van der Waals surface area contributed by atoms with Crippen molar-refractivity contribution in [2.24, 2.45) is 0 Å². The SMILES string of the molecule is CCCCCn1ccc2cc(-c3ncc(CCF)cn3)c(F)cc2c1=O.Nc1cn[nH]c(=O)c1C(F)(F)F. The number of aromatic nitrogens is 5. The Morgan fingerprint density at radius 3 is 2.37 bits per heavy atom. The number of rotatable bonds is 7. The third kappa shape index (κ3) is 6.78. The molecule has 38 heavy (non-hydrogen) atoms. The molecule has 0 atom stereocenters. The molecule has 0 aliphatic heterocycles. The molecular weight excluding hydrogens is 511 g/mol. The van der Waals surface area contributed by atoms with Crippen LogP contribution in [0.15, 0.2) is 52.6 Å². The van der Waals surface area contributed by atoms with Crippen molar-refractivity contribution in [3.05, 3.63) is 80.6 Å². The maximum Gasteiger partial charge on any atom is 0.423 e. The van der Waals surface area contributed by atoms with Crippen LogP contribution >= 0.6 is 0 Å². The fourth-order valence-electron chi connectivity index (χ4n) is 3.62. The van der Waals surface area contributed by atoms with Gasteiger partial charge >= 0.3 is 6.18 Å². The van der Waals surface area contributed by atoms with Crippen LogP contribution in [0.3, 0.4) is 0 Å². The van der Waals surface area contributed by atoms with Crippen molar-refractivity contribution in [2.75, 3.05) is 12.4 Å². The van der Waals surface area contributed by atoms with Crippen molar-refractivity contribution in [3.63, 3.8) is 0 Å². The Kier molecular flexibility index (Phi) is 9.26. The van der Waals surface area contributed by atoms with E-state index in [0.29, 0.717) is 22.9 Å². The summed E-state index contributed by atoms with van der Waals surface area (Å²) in [6.45, 7) is 2.25. The van der Waals surface area contributed by atoms with Crippen molar-refractivity contribution in [2.45, 2.75) is 45.3 Å². The minimum atomic E-state index is -4.74. The van der Waals surface area contributed by atoms with Gasteiger partial charge in [-0.15, -0.1) is 0 Å². The molecule has 8 nitrogen and oxygen atoms in total. The Morgan fingerprint density at radius 1 is 1.08 bits per heavy atom. The van der Waals surface area contributed by atoms with Crippen LogP contribution in [0.4, 0.5) is 27.6 Å². The average Bonchev–Trinajstić information content (AvgIpc) is 2.86. The predicted octanol–water partition coefficient (Wildman–Crippen LogP) is 4.67. The highest BCUT2D eigenvalue weighted by Gasteiger charge is 2.36. The summed E-state index contributed by atoms with van der Waals surface area (Å²) in [5.41, 5.74) is 2.19. The summed E-state index contributed by atoms with van der Waals surface area (Å²) in [6, 6.07) is 4.65. The summed E-state index contributed by atoms with van der Waals surface area (Å²) >= 11 is 0. The van der Waals surface area contributed by atoms with Crippen molar-refractivity contribution in [3.8, 4) is 11.4 Å². The molecule has 3 aromatic heterocycles. The largest absolute Gasteiger partial charge is 0.423 e. The molecule has 0 radical (unpaired) electrons. The molecule has 0 saturated carbocycles. The lowest BCUT2D eigenvalue weighted by Gasteiger charge is -2.09. The number of nitrogens with one attached hydrogen (secondary N) is 1. The van der Waals surface area contributed by atoms with Gasteiger partial charge in [-0.05, 0) is 35.6 Å². The number of H-pyrrole nitrogens is 1. The van der Waals surface area contributed by atoms with Gasteiger partial charge in [0.25, 0.3) is 11.1 Å². The van der Waals surface area contributed by atoms with Crippen molar-refractivity contribution in [1.29, 1.82) is 0 Å². The topological polar surface area (TPSA) is 120 Å². The number of hydrogen-bond donors (Lipinski definition) is 2. The van der Waals surface area contributed by atoms with Crippen LogP contribution in [0.2, 0.25) is 0 Å². The maximum absolute atomic E-state index is 14.6. The zero-order valence-corrected chi connectivity index (χ0v) is 20.4. The Balaban J connectivity index is 0.000000279. The van der Waals surface area contributed by atoms with Crippen LogP contribution < -0.4 is 16.9 Å². The summed E-state index contributed by atoms with van der Waals surface area (Å²) in [6.07, 6.45) is 4.02. The van der Waals surface area contributed by atoms with E-state index in [9.17, 15) is 31.5 Å². The molecule has 3 N–H and O–H groups in total. The van der Waals surface area contributed by atoms with Gasteiger partial charge in [-0.1, -0.05) is 19.8 Å². The van der Waals surface area contributed by atoms with Gasteiger partial charge in [0, 0.05) is 31.6 Å². The molecule has 0 unspecified atom stereocenters. The van der Waals surface area contributed by atoms with Gasteiger partial charge in [0.15, 0.2) is 5.82 Å². The monoisotopic (exact) mass is 536 g/mol. The molecule has 1 aromatic carbocycles. The molecule has 3 heterocycles. The van der Waals surface area contributed by atoms with E-state index in [1.54, 1.807) is 21.9 Å². The first-order valence-electron chi connectivity index (χ1n) is 11.7. The van der Waals surface area contributed by atoms with E-state index >= 15 is 0 Å². The van der Waals surface area contributed by atoms with Gasteiger partial charge in [-0.3, -0.25) is 14.0 Å². The summed E-state index contributed by atoms with van der Waals surface area (Å²) in [5.74, 6) is -0.321. The van der Waals surface area contributed by atoms with Crippen LogP contribution in [0, 0.1) is 5.82 Å². The number of pyridine rings is 1. The van der Waals surface area contributed by atoms with E-state index in [2.05, 4.69) is 22.0 Å². The number of hydrogen-bond acceptors (Lipinski definition) is 6. The zero-order chi connectivity index (χ0) is 27.9. The van der Waals surface area contributed by atoms with Crippen LogP contribution in [-0.4, -0.2) is 31.4 Å². The Morgan fingerprint density at radius 2 is 1.79 bits per heavy atom. The van der Waals surface area contributed by atoms with Crippen molar-refractivity contribution in [1.82, 2.24) is 24.7 Å². The van der Waals surface area contributed by atoms with E-state index in [1.165, 1.54) is 18.5 Å². The predicted molar refractivity (Wildman–Crippen MR) is 133 cm³/mol. The lowest BCUT2D eigenvalue weighted by molar-refractivity contribution is -0.138. The number of aromatic amines is 1. The minimum absolute atomic E-state index is 0.191. The second-order valence-corrected chi connectivity index (χ2v) is 8.32. The quantitative estimate of drug-likeness (QED) is 0.262. The molecule has 0 saturated heterocycles. The number of nitrogens with two attached hydrogens (primary N) is 1. The maximum atomic E-state index is 14.6. The summed E-state index contributed by atoms with van der Waals surface area (Å²) in [4.78, 5) is 31.4. The van der Waals surface area contributed by atoms with E-state index in [4.69, 9.17) is 5.73 Å². The highest BCUT2D eigenvalue weighted by Crippen LogP contribution is 2.29. The van der Waals surface area contributed by atoms with Crippen molar-refractivity contribution < 1.29 is 22.0 Å². The lowest BCUT2D eigenvalue weighted by Crippen LogP contribution is -2.24. The van der Waals surface area contributed by atoms with E-state index in [-0.39, 0.29) is 23.4 Å². The highest BCUT2D eigenvalue weighted by atomic mass is 19.4. The van der Waals surface area contributed by atoms with Crippen LogP contribution in [0.25, 0.3) is 22.2 Å². The first kappa shape index (κ1) is 28.4. The third-order valence-electron chi connectivity index (χ3n) is 5.57. The number of anilines is 1. The number of halogens is 5. The van der Waals surface area contributed by atoms with Crippen LogP contribution in [0.5, 0.6) is 0 Å². The van der Waals surface area contributed by atoms with Gasteiger partial charge in [-0.25, -0.2) is 19.5 Å². The van der Waals surface area contributed by atoms with Gasteiger partial charge in [0.05, 0.1) is 29.5 Å². The molecular formula is C25H25F5N6O2. The number of alkyl halides is 4. The molecule has 4 aromatic rings. The van der Waals surface area contributed by atoms with Gasteiger partial charge in [0.2, 0.25) is 0 Å². The molecule has 0 aliphatic carbocycles. The molecule has 0 bridgehead atoms. The standard InChI is InChI=1S/C20H21F2N3O.C5H4F3N3O/c1-2-3-4-8-25-9-6-15-10-17(18(22)11-16(15)20(25)26)19-23-12-14(5-7-21)13-24-19;6-5(7,8)3-2(9)1-10-11-4(3)12/h6,9-13H,2-5,7-8H2,1H3;1H,(H3,9,11,12). The van der Waals surface area contributed by atoms with E-state index in [0.717, 1.165) is 25.5 Å². The number of aryl methyl sites for hydroxylation is 2. The number of unbranched alkanes of at least 4 members (excludes halogenated alkanes) is 2. The molecule has 0 spiro atoms. The zero-order valence-electron chi connectivity index (χ0n) is 20.4. The molecule has 4 rings (SSSR count). The molecule has 13 heteroatoms. The normalized spacial score (nSPS) is 11.3. The summed E-state index contributed by atoms with van der Waals surface area (Å²) in [7, 11) is 0. The first-order chi connectivity index (χ1) is 18.1. The van der Waals surface area contributed by atoms with Crippen molar-refractivity contribution >= 4 is 16.5 Å². The highest BCUT2D eigenvalue weighted by molar-refractivity contribution is 5.85. The average molecular weight is 537 g/mol. The second kappa shape index (κ2) is 12.4.